The third-order valence-electron chi connectivity index (χ3n) is 7.51. The molecule has 0 aliphatic carbocycles. The molecule has 0 fully saturated rings. The van der Waals surface area contributed by atoms with Gasteiger partial charge in [-0.25, -0.2) is 17.6 Å². The van der Waals surface area contributed by atoms with Crippen molar-refractivity contribution in [2.24, 2.45) is 0 Å². The van der Waals surface area contributed by atoms with E-state index in [9.17, 15) is 27.8 Å². The number of aromatic hydroxyl groups is 2. The van der Waals surface area contributed by atoms with Crippen LogP contribution in [0.25, 0.3) is 44.5 Å². The normalized spacial score (nSPS) is 10.5. The minimum absolute atomic E-state index is 0.0320. The molecule has 0 aromatic heterocycles. The molecule has 0 saturated carbocycles. The predicted octanol–water partition coefficient (Wildman–Crippen LogP) is 14.5. The highest BCUT2D eigenvalue weighted by atomic mass is 79.9. The summed E-state index contributed by atoms with van der Waals surface area (Å²) in [4.78, 5) is 0. The third-order valence-corrected chi connectivity index (χ3v) is 9.49. The van der Waals surface area contributed by atoms with Gasteiger partial charge in [-0.05, 0) is 84.9 Å². The molecule has 6 rings (SSSR count). The van der Waals surface area contributed by atoms with Crippen molar-refractivity contribution in [1.29, 1.82) is 0 Å². The second-order valence-corrected chi connectivity index (χ2v) is 15.2. The quantitative estimate of drug-likeness (QED) is 0.129. The average Bonchev–Trinajstić information content (AvgIpc) is 3.11. The van der Waals surface area contributed by atoms with Crippen LogP contribution in [0.15, 0.2) is 115 Å². The largest absolute Gasteiger partial charge is 0.507 e. The average molecular weight is 1030 g/mol. The zero-order valence-corrected chi connectivity index (χ0v) is 35.3. The van der Waals surface area contributed by atoms with Gasteiger partial charge >= 0.3 is 0 Å². The van der Waals surface area contributed by atoms with Crippen molar-refractivity contribution in [3.63, 3.8) is 0 Å². The fraction of sp³-hybridized carbons (Fsp3) is 0.0769. The van der Waals surface area contributed by atoms with Gasteiger partial charge in [0.25, 0.3) is 0 Å². The second-order valence-electron chi connectivity index (χ2n) is 10.7. The zero-order valence-electron chi connectivity index (χ0n) is 27.4. The van der Waals surface area contributed by atoms with Crippen molar-refractivity contribution in [1.82, 2.24) is 0 Å². The predicted molar refractivity (Wildman–Crippen MR) is 218 cm³/mol. The van der Waals surface area contributed by atoms with E-state index >= 15 is 0 Å². The Kier molecular flexibility index (Phi) is 15.5. The van der Waals surface area contributed by atoms with Gasteiger partial charge in [0.1, 0.15) is 46.3 Å². The molecule has 6 aromatic rings. The molecular formula is C39H26Br4Cl2F4O4. The molecular weight excluding hydrogens is 999 g/mol. The summed E-state index contributed by atoms with van der Waals surface area (Å²) in [6, 6.07) is 24.0. The van der Waals surface area contributed by atoms with Crippen LogP contribution in [-0.4, -0.2) is 29.8 Å². The van der Waals surface area contributed by atoms with Crippen LogP contribution in [0.5, 0.6) is 23.0 Å². The number of hydrogen-bond acceptors (Lipinski definition) is 4. The molecule has 0 spiro atoms. The fourth-order valence-electron chi connectivity index (χ4n) is 5.15. The number of methoxy groups -OCH3 is 2. The highest BCUT2D eigenvalue weighted by molar-refractivity contribution is 9.11. The summed E-state index contributed by atoms with van der Waals surface area (Å²) in [6.45, 7) is 0. The molecule has 0 saturated heterocycles. The van der Waals surface area contributed by atoms with Crippen molar-refractivity contribution in [3.05, 3.63) is 138 Å². The molecule has 14 heteroatoms. The Labute approximate surface area is 346 Å². The van der Waals surface area contributed by atoms with Gasteiger partial charge in [0.15, 0.2) is 0 Å². The molecule has 6 aromatic carbocycles. The molecule has 53 heavy (non-hydrogen) atoms. The van der Waals surface area contributed by atoms with Crippen molar-refractivity contribution < 1.29 is 37.2 Å². The molecule has 0 radical (unpaired) electrons. The lowest BCUT2D eigenvalue weighted by Crippen LogP contribution is -1.96. The molecule has 0 heterocycles. The minimum Gasteiger partial charge on any atom is -0.507 e. The Bertz CT molecular complexity index is 2110. The van der Waals surface area contributed by atoms with E-state index < -0.39 is 23.3 Å². The molecule has 0 bridgehead atoms. The van der Waals surface area contributed by atoms with E-state index in [0.717, 1.165) is 21.1 Å². The number of phenols is 2. The Morgan fingerprint density at radius 1 is 0.434 bits per heavy atom. The van der Waals surface area contributed by atoms with Crippen LogP contribution < -0.4 is 9.47 Å². The second kappa shape index (κ2) is 19.4. The monoisotopic (exact) mass is 1020 g/mol. The van der Waals surface area contributed by atoms with E-state index in [1.54, 1.807) is 48.5 Å². The third kappa shape index (κ3) is 10.5. The van der Waals surface area contributed by atoms with Crippen LogP contribution in [0.4, 0.5) is 17.6 Å². The Morgan fingerprint density at radius 2 is 0.698 bits per heavy atom. The van der Waals surface area contributed by atoms with Gasteiger partial charge < -0.3 is 19.7 Å². The highest BCUT2D eigenvalue weighted by Gasteiger charge is 2.20. The lowest BCUT2D eigenvalue weighted by Gasteiger charge is -2.14. The molecule has 276 valence electrons. The molecule has 4 nitrogen and oxygen atoms in total. The summed E-state index contributed by atoms with van der Waals surface area (Å²) in [6.07, 6.45) is 0. The standard InChI is InChI=1S/C20H14Br2F2O2.C18H10Br2F2O2.CH2Cl2/c1-25-19-5-3-11(21)7-15(19)13-9-14(18(24)10-17(13)23)16-8-12(22)4-6-20(16)26-2;19-9-1-3-17(23)13(5-9)11-7-12(16(22)8-15(11)21)14-6-10(20)2-4-18(14)24;2-1-3/h3-10H,1-2H3;1-8,23-24H;1H2. The van der Waals surface area contributed by atoms with Crippen molar-refractivity contribution in [2.75, 3.05) is 19.6 Å². The van der Waals surface area contributed by atoms with Gasteiger partial charge in [-0.1, -0.05) is 63.7 Å². The van der Waals surface area contributed by atoms with Gasteiger partial charge in [0.2, 0.25) is 0 Å². The first-order valence-corrected chi connectivity index (χ1v) is 19.2. The number of phenolic OH excluding ortho intramolecular Hbond substituents is 2. The van der Waals surface area contributed by atoms with Gasteiger partial charge in [-0.15, -0.1) is 23.2 Å². The summed E-state index contributed by atoms with van der Waals surface area (Å²) >= 11 is 22.8. The van der Waals surface area contributed by atoms with E-state index in [2.05, 4.69) is 63.7 Å². The van der Waals surface area contributed by atoms with E-state index in [-0.39, 0.29) is 50.2 Å². The van der Waals surface area contributed by atoms with Gasteiger partial charge in [0, 0.05) is 74.5 Å². The SMILES string of the molecule is COc1ccc(Br)cc1-c1cc(-c2cc(Br)ccc2OC)c(F)cc1F.ClCCl.Oc1ccc(Br)cc1-c1cc(-c2cc(Br)ccc2O)c(F)cc1F. The van der Waals surface area contributed by atoms with Crippen LogP contribution in [-0.2, 0) is 0 Å². The number of rotatable bonds is 6. The number of hydrogen-bond donors (Lipinski definition) is 2. The van der Waals surface area contributed by atoms with Crippen LogP contribution in [0.1, 0.15) is 0 Å². The van der Waals surface area contributed by atoms with Crippen molar-refractivity contribution >= 4 is 86.9 Å². The smallest absolute Gasteiger partial charge is 0.134 e. The fourth-order valence-corrected chi connectivity index (χ4v) is 6.60. The Balaban J connectivity index is 0.000000221. The topological polar surface area (TPSA) is 58.9 Å². The van der Waals surface area contributed by atoms with Crippen LogP contribution in [0.2, 0.25) is 0 Å². The highest BCUT2D eigenvalue weighted by Crippen LogP contribution is 2.42. The first-order valence-electron chi connectivity index (χ1n) is 15.0. The van der Waals surface area contributed by atoms with E-state index in [1.165, 1.54) is 50.6 Å². The lowest BCUT2D eigenvalue weighted by atomic mass is 9.97. The molecule has 0 aliphatic rings. The molecule has 0 atom stereocenters. The van der Waals surface area contributed by atoms with Crippen molar-refractivity contribution in [2.45, 2.75) is 0 Å². The number of ether oxygens (including phenoxy) is 2. The minimum atomic E-state index is -0.806. The maximum absolute atomic E-state index is 14.6. The number of benzene rings is 6. The summed E-state index contributed by atoms with van der Waals surface area (Å²) in [7, 11) is 3.01. The number of alkyl halides is 2. The van der Waals surface area contributed by atoms with Gasteiger partial charge in [-0.3, -0.25) is 0 Å². The molecule has 0 amide bonds. The molecule has 0 unspecified atom stereocenters. The van der Waals surface area contributed by atoms with E-state index in [0.29, 0.717) is 31.6 Å². The summed E-state index contributed by atoms with van der Waals surface area (Å²) in [5.74, 6) is -2.23. The van der Waals surface area contributed by atoms with E-state index in [1.807, 2.05) is 0 Å². The summed E-state index contributed by atoms with van der Waals surface area (Å²) in [5.41, 5.74) is 2.02. The van der Waals surface area contributed by atoms with Crippen molar-refractivity contribution in [3.8, 4) is 67.5 Å². The van der Waals surface area contributed by atoms with Crippen LogP contribution in [0, 0.1) is 23.3 Å². The van der Waals surface area contributed by atoms with Gasteiger partial charge in [-0.2, -0.15) is 0 Å². The van der Waals surface area contributed by atoms with E-state index in [4.69, 9.17) is 32.7 Å². The van der Waals surface area contributed by atoms with Gasteiger partial charge in [0.05, 0.1) is 19.6 Å². The number of halogens is 10. The first kappa shape index (κ1) is 42.5. The van der Waals surface area contributed by atoms with Crippen LogP contribution >= 0.6 is 86.9 Å². The lowest BCUT2D eigenvalue weighted by molar-refractivity contribution is 0.416. The molecule has 0 aliphatic heterocycles. The summed E-state index contributed by atoms with van der Waals surface area (Å²) in [5, 5.41) is 20.2. The maximum Gasteiger partial charge on any atom is 0.134 e. The first-order chi connectivity index (χ1) is 25.2. The Hall–Kier alpha value is -3.26. The molecule has 2 N–H and O–H groups in total. The Morgan fingerprint density at radius 3 is 1.00 bits per heavy atom. The summed E-state index contributed by atoms with van der Waals surface area (Å²) < 4.78 is 71.2. The maximum atomic E-state index is 14.6. The zero-order chi connectivity index (χ0) is 39.0. The van der Waals surface area contributed by atoms with Crippen LogP contribution in [0.3, 0.4) is 0 Å².